The Morgan fingerprint density at radius 2 is 2.15 bits per heavy atom. The van der Waals surface area contributed by atoms with Crippen molar-refractivity contribution in [2.75, 3.05) is 0 Å². The van der Waals surface area contributed by atoms with E-state index in [1.807, 2.05) is 19.1 Å². The first kappa shape index (κ1) is 9.69. The van der Waals surface area contributed by atoms with Crippen molar-refractivity contribution in [2.24, 2.45) is 11.7 Å². The van der Waals surface area contributed by atoms with Crippen LogP contribution in [-0.2, 0) is 0 Å². The van der Waals surface area contributed by atoms with Gasteiger partial charge in [-0.1, -0.05) is 6.92 Å². The molecule has 0 saturated heterocycles. The topological polar surface area (TPSA) is 62.7 Å². The lowest BCUT2D eigenvalue weighted by atomic mass is 9.94. The van der Waals surface area contributed by atoms with Crippen LogP contribution in [0.15, 0.2) is 24.5 Å². The lowest BCUT2D eigenvalue weighted by Gasteiger charge is -2.15. The smallest absolute Gasteiger partial charge is 0.0675 e. The average molecular weight is 175 g/mol. The van der Waals surface area contributed by atoms with Crippen LogP contribution in [-0.4, -0.2) is 4.98 Å². The van der Waals surface area contributed by atoms with Gasteiger partial charge in [0.05, 0.1) is 12.0 Å². The molecule has 2 unspecified atom stereocenters. The van der Waals surface area contributed by atoms with Crippen molar-refractivity contribution in [1.82, 2.24) is 4.98 Å². The standard InChI is InChI=1S/C10H13N3/c1-2-8(7-11)10(12)9-3-5-13-6-4-9/h3-6,8,10H,2,12H2,1H3. The SMILES string of the molecule is CCC(C#N)C(N)c1ccncc1. The number of pyridine rings is 1. The third-order valence-electron chi connectivity index (χ3n) is 2.13. The van der Waals surface area contributed by atoms with Crippen molar-refractivity contribution in [3.8, 4) is 6.07 Å². The highest BCUT2D eigenvalue weighted by Crippen LogP contribution is 2.20. The number of hydrogen-bond donors (Lipinski definition) is 1. The second kappa shape index (κ2) is 4.58. The summed E-state index contributed by atoms with van der Waals surface area (Å²) >= 11 is 0. The summed E-state index contributed by atoms with van der Waals surface area (Å²) in [6, 6.07) is 5.71. The molecule has 68 valence electrons. The van der Waals surface area contributed by atoms with Crippen molar-refractivity contribution < 1.29 is 0 Å². The van der Waals surface area contributed by atoms with Crippen LogP contribution < -0.4 is 5.73 Å². The second-order valence-corrected chi connectivity index (χ2v) is 2.95. The Kier molecular flexibility index (Phi) is 3.41. The Bertz CT molecular complexity index is 289. The summed E-state index contributed by atoms with van der Waals surface area (Å²) in [5, 5.41) is 8.81. The summed E-state index contributed by atoms with van der Waals surface area (Å²) in [4.78, 5) is 3.90. The van der Waals surface area contributed by atoms with E-state index in [1.165, 1.54) is 0 Å². The van der Waals surface area contributed by atoms with Gasteiger partial charge in [0.2, 0.25) is 0 Å². The number of nitriles is 1. The highest BCUT2D eigenvalue weighted by molar-refractivity contribution is 5.17. The molecule has 0 bridgehead atoms. The molecule has 0 aliphatic rings. The third kappa shape index (κ3) is 2.27. The van der Waals surface area contributed by atoms with E-state index < -0.39 is 0 Å². The predicted octanol–water partition coefficient (Wildman–Crippen LogP) is 1.63. The summed E-state index contributed by atoms with van der Waals surface area (Å²) in [5.74, 6) is -0.109. The van der Waals surface area contributed by atoms with E-state index in [9.17, 15) is 0 Å². The normalized spacial score (nSPS) is 14.5. The first-order valence-electron chi connectivity index (χ1n) is 4.34. The van der Waals surface area contributed by atoms with Gasteiger partial charge < -0.3 is 5.73 Å². The molecule has 1 aromatic rings. The van der Waals surface area contributed by atoms with Crippen LogP contribution in [0.1, 0.15) is 24.9 Å². The average Bonchev–Trinajstić information content (AvgIpc) is 2.21. The van der Waals surface area contributed by atoms with E-state index in [2.05, 4.69) is 11.1 Å². The number of aromatic nitrogens is 1. The first-order valence-corrected chi connectivity index (χ1v) is 4.34. The van der Waals surface area contributed by atoms with Gasteiger partial charge in [0.25, 0.3) is 0 Å². The molecule has 1 heterocycles. The van der Waals surface area contributed by atoms with Crippen molar-refractivity contribution in [2.45, 2.75) is 19.4 Å². The Hall–Kier alpha value is -1.40. The van der Waals surface area contributed by atoms with E-state index in [1.54, 1.807) is 12.4 Å². The summed E-state index contributed by atoms with van der Waals surface area (Å²) in [6.45, 7) is 1.97. The summed E-state index contributed by atoms with van der Waals surface area (Å²) in [7, 11) is 0. The van der Waals surface area contributed by atoms with Gasteiger partial charge in [0.1, 0.15) is 0 Å². The maximum Gasteiger partial charge on any atom is 0.0675 e. The highest BCUT2D eigenvalue weighted by atomic mass is 14.7. The van der Waals surface area contributed by atoms with Gasteiger partial charge >= 0.3 is 0 Å². The molecular weight excluding hydrogens is 162 g/mol. The number of nitrogens with two attached hydrogens (primary N) is 1. The molecule has 0 fully saturated rings. The summed E-state index contributed by atoms with van der Waals surface area (Å²) in [6.07, 6.45) is 4.17. The minimum Gasteiger partial charge on any atom is -0.323 e. The summed E-state index contributed by atoms with van der Waals surface area (Å²) < 4.78 is 0. The third-order valence-corrected chi connectivity index (χ3v) is 2.13. The maximum atomic E-state index is 8.81. The lowest BCUT2D eigenvalue weighted by molar-refractivity contribution is 0.517. The van der Waals surface area contributed by atoms with E-state index in [0.717, 1.165) is 12.0 Å². The van der Waals surface area contributed by atoms with Gasteiger partial charge in [0, 0.05) is 18.4 Å². The predicted molar refractivity (Wildman–Crippen MR) is 50.6 cm³/mol. The number of nitrogens with zero attached hydrogens (tertiary/aromatic N) is 2. The van der Waals surface area contributed by atoms with Gasteiger partial charge in [-0.2, -0.15) is 5.26 Å². The number of hydrogen-bond acceptors (Lipinski definition) is 3. The Labute approximate surface area is 78.2 Å². The fraction of sp³-hybridized carbons (Fsp3) is 0.400. The van der Waals surface area contributed by atoms with Crippen molar-refractivity contribution in [1.29, 1.82) is 5.26 Å². The monoisotopic (exact) mass is 175 g/mol. The van der Waals surface area contributed by atoms with Crippen molar-refractivity contribution in [3.63, 3.8) is 0 Å². The summed E-state index contributed by atoms with van der Waals surface area (Å²) in [5.41, 5.74) is 6.89. The zero-order chi connectivity index (χ0) is 9.68. The molecule has 13 heavy (non-hydrogen) atoms. The molecule has 0 saturated carbocycles. The van der Waals surface area contributed by atoms with E-state index in [-0.39, 0.29) is 12.0 Å². The molecule has 0 radical (unpaired) electrons. The molecule has 3 nitrogen and oxygen atoms in total. The van der Waals surface area contributed by atoms with Gasteiger partial charge in [-0.15, -0.1) is 0 Å². The van der Waals surface area contributed by atoms with Crippen LogP contribution in [0.4, 0.5) is 0 Å². The minimum absolute atomic E-state index is 0.109. The quantitative estimate of drug-likeness (QED) is 0.759. The van der Waals surface area contributed by atoms with Crippen LogP contribution >= 0.6 is 0 Å². The molecule has 3 heteroatoms. The molecule has 0 amide bonds. The van der Waals surface area contributed by atoms with Crippen molar-refractivity contribution in [3.05, 3.63) is 30.1 Å². The van der Waals surface area contributed by atoms with Crippen molar-refractivity contribution >= 4 is 0 Å². The fourth-order valence-corrected chi connectivity index (χ4v) is 1.24. The van der Waals surface area contributed by atoms with Crippen LogP contribution in [0.5, 0.6) is 0 Å². The van der Waals surface area contributed by atoms with Gasteiger partial charge in [-0.3, -0.25) is 4.98 Å². The van der Waals surface area contributed by atoms with E-state index in [0.29, 0.717) is 0 Å². The Morgan fingerprint density at radius 3 is 2.62 bits per heavy atom. The van der Waals surface area contributed by atoms with E-state index >= 15 is 0 Å². The molecule has 2 N–H and O–H groups in total. The maximum absolute atomic E-state index is 8.81. The second-order valence-electron chi connectivity index (χ2n) is 2.95. The molecule has 2 atom stereocenters. The van der Waals surface area contributed by atoms with Gasteiger partial charge in [-0.25, -0.2) is 0 Å². The van der Waals surface area contributed by atoms with E-state index in [4.69, 9.17) is 11.0 Å². The molecule has 1 rings (SSSR count). The fourth-order valence-electron chi connectivity index (χ4n) is 1.24. The zero-order valence-corrected chi connectivity index (χ0v) is 7.64. The molecular formula is C10H13N3. The molecule has 0 aliphatic heterocycles. The van der Waals surface area contributed by atoms with Crippen LogP contribution in [0.25, 0.3) is 0 Å². The van der Waals surface area contributed by atoms with Gasteiger partial charge in [0.15, 0.2) is 0 Å². The first-order chi connectivity index (χ1) is 6.29. The molecule has 0 spiro atoms. The van der Waals surface area contributed by atoms with Gasteiger partial charge in [-0.05, 0) is 24.1 Å². The Morgan fingerprint density at radius 1 is 1.54 bits per heavy atom. The van der Waals surface area contributed by atoms with Crippen LogP contribution in [0.3, 0.4) is 0 Å². The molecule has 0 aliphatic carbocycles. The zero-order valence-electron chi connectivity index (χ0n) is 7.64. The highest BCUT2D eigenvalue weighted by Gasteiger charge is 2.16. The molecule has 0 aromatic carbocycles. The molecule has 1 aromatic heterocycles. The largest absolute Gasteiger partial charge is 0.323 e. The Balaban J connectivity index is 2.79. The van der Waals surface area contributed by atoms with Crippen LogP contribution in [0, 0.1) is 17.2 Å². The minimum atomic E-state index is -0.196. The van der Waals surface area contributed by atoms with Crippen LogP contribution in [0.2, 0.25) is 0 Å². The lowest BCUT2D eigenvalue weighted by Crippen LogP contribution is -2.19. The number of rotatable bonds is 3.